The molecule has 0 aliphatic rings. The minimum Gasteiger partial charge on any atom is -0.400 e. The normalized spacial score (nSPS) is 13.9. The van der Waals surface area contributed by atoms with E-state index in [9.17, 15) is 0 Å². The molecule has 0 bridgehead atoms. The first-order valence-electron chi connectivity index (χ1n) is 4.39. The summed E-state index contributed by atoms with van der Waals surface area (Å²) >= 11 is 0. The summed E-state index contributed by atoms with van der Waals surface area (Å²) in [4.78, 5) is 0. The quantitative estimate of drug-likeness (QED) is 0.577. The van der Waals surface area contributed by atoms with Crippen molar-refractivity contribution in [3.05, 3.63) is 0 Å². The Kier molecular flexibility index (Phi) is 6.91. The Hall–Kier alpha value is 0.137. The molecule has 0 amide bonds. The van der Waals surface area contributed by atoms with E-state index < -0.39 is 9.28 Å². The third kappa shape index (κ3) is 6.53. The van der Waals surface area contributed by atoms with Crippen LogP contribution in [0.15, 0.2) is 0 Å². The molecule has 0 aromatic heterocycles. The predicted molar refractivity (Wildman–Crippen MR) is 50.1 cm³/mol. The highest BCUT2D eigenvalue weighted by Crippen LogP contribution is 2.05. The van der Waals surface area contributed by atoms with Crippen molar-refractivity contribution >= 4 is 9.28 Å². The lowest BCUT2D eigenvalue weighted by atomic mass is 10.4. The summed E-state index contributed by atoms with van der Waals surface area (Å²) in [6.45, 7) is 6.31. The van der Waals surface area contributed by atoms with Gasteiger partial charge in [-0.2, -0.15) is 0 Å². The smallest absolute Gasteiger partial charge is 0.321 e. The van der Waals surface area contributed by atoms with Crippen LogP contribution < -0.4 is 0 Å². The van der Waals surface area contributed by atoms with Crippen LogP contribution in [0.4, 0.5) is 0 Å². The Morgan fingerprint density at radius 3 is 2.36 bits per heavy atom. The van der Waals surface area contributed by atoms with E-state index in [-0.39, 0.29) is 0 Å². The molecule has 0 fully saturated rings. The van der Waals surface area contributed by atoms with Gasteiger partial charge in [0.1, 0.15) is 0 Å². The Morgan fingerprint density at radius 2 is 2.00 bits per heavy atom. The van der Waals surface area contributed by atoms with Crippen LogP contribution in [-0.4, -0.2) is 22.5 Å². The topological polar surface area (TPSA) is 18.5 Å². The van der Waals surface area contributed by atoms with Gasteiger partial charge in [0.15, 0.2) is 0 Å². The molecule has 0 N–H and O–H groups in total. The largest absolute Gasteiger partial charge is 0.400 e. The molecular formula is C8H20O2Si. The van der Waals surface area contributed by atoms with E-state index in [1.807, 2.05) is 0 Å². The molecule has 1 atom stereocenters. The van der Waals surface area contributed by atoms with Gasteiger partial charge in [-0.15, -0.1) is 0 Å². The second-order valence-electron chi connectivity index (χ2n) is 2.99. The Bertz CT molecular complexity index is 86.2. The van der Waals surface area contributed by atoms with E-state index in [0.29, 0.717) is 6.10 Å². The molecule has 1 unspecified atom stereocenters. The lowest BCUT2D eigenvalue weighted by Crippen LogP contribution is -2.24. The van der Waals surface area contributed by atoms with E-state index in [1.54, 1.807) is 7.11 Å². The van der Waals surface area contributed by atoms with Crippen LogP contribution in [0, 0.1) is 0 Å². The molecule has 0 saturated carbocycles. The van der Waals surface area contributed by atoms with Crippen LogP contribution in [-0.2, 0) is 8.85 Å². The lowest BCUT2D eigenvalue weighted by molar-refractivity contribution is 0.178. The Balaban J connectivity index is 3.41. The summed E-state index contributed by atoms with van der Waals surface area (Å²) in [5.74, 6) is 0. The van der Waals surface area contributed by atoms with Gasteiger partial charge in [-0.05, 0) is 19.9 Å². The fourth-order valence-corrected chi connectivity index (χ4v) is 2.75. The molecule has 0 radical (unpaired) electrons. The lowest BCUT2D eigenvalue weighted by Gasteiger charge is -2.16. The van der Waals surface area contributed by atoms with E-state index >= 15 is 0 Å². The first-order valence-corrected chi connectivity index (χ1v) is 6.14. The van der Waals surface area contributed by atoms with Gasteiger partial charge in [-0.25, -0.2) is 0 Å². The van der Waals surface area contributed by atoms with Crippen LogP contribution in [0.3, 0.4) is 0 Å². The van der Waals surface area contributed by atoms with Crippen molar-refractivity contribution in [1.82, 2.24) is 0 Å². The van der Waals surface area contributed by atoms with E-state index in [0.717, 1.165) is 6.04 Å². The van der Waals surface area contributed by atoms with Crippen LogP contribution in [0.1, 0.15) is 33.6 Å². The van der Waals surface area contributed by atoms with Crippen LogP contribution in [0.5, 0.6) is 0 Å². The minimum atomic E-state index is -1.29. The van der Waals surface area contributed by atoms with Gasteiger partial charge >= 0.3 is 9.28 Å². The maximum Gasteiger partial charge on any atom is 0.321 e. The van der Waals surface area contributed by atoms with Gasteiger partial charge < -0.3 is 8.85 Å². The average Bonchev–Trinajstić information content (AvgIpc) is 1.97. The zero-order valence-corrected chi connectivity index (χ0v) is 9.25. The molecule has 2 nitrogen and oxygen atoms in total. The molecule has 0 aliphatic carbocycles. The molecule has 0 heterocycles. The van der Waals surface area contributed by atoms with Gasteiger partial charge in [0.25, 0.3) is 0 Å². The first kappa shape index (κ1) is 11.1. The number of rotatable bonds is 6. The molecule has 0 spiro atoms. The SMILES string of the molecule is CCCC[SiH](OC)OC(C)C. The maximum atomic E-state index is 5.62. The molecule has 0 rings (SSSR count). The Labute approximate surface area is 71.7 Å². The van der Waals surface area contributed by atoms with Crippen molar-refractivity contribution in [2.45, 2.75) is 45.8 Å². The number of unbranched alkanes of at least 4 members (excludes halogenated alkanes) is 1. The van der Waals surface area contributed by atoms with Crippen molar-refractivity contribution in [3.8, 4) is 0 Å². The van der Waals surface area contributed by atoms with Crippen molar-refractivity contribution in [2.75, 3.05) is 7.11 Å². The summed E-state index contributed by atoms with van der Waals surface area (Å²) in [7, 11) is 0.470. The van der Waals surface area contributed by atoms with Crippen LogP contribution in [0.25, 0.3) is 0 Å². The maximum absolute atomic E-state index is 5.62. The van der Waals surface area contributed by atoms with Crippen molar-refractivity contribution in [1.29, 1.82) is 0 Å². The number of hydrogen-bond donors (Lipinski definition) is 0. The highest BCUT2D eigenvalue weighted by atomic mass is 28.3. The number of hydrogen-bond acceptors (Lipinski definition) is 2. The van der Waals surface area contributed by atoms with Gasteiger partial charge in [0.2, 0.25) is 0 Å². The highest BCUT2D eigenvalue weighted by Gasteiger charge is 2.11. The van der Waals surface area contributed by atoms with Crippen molar-refractivity contribution in [3.63, 3.8) is 0 Å². The van der Waals surface area contributed by atoms with Crippen LogP contribution >= 0.6 is 0 Å². The summed E-state index contributed by atoms with van der Waals surface area (Å²) in [6.07, 6.45) is 2.79. The summed E-state index contributed by atoms with van der Waals surface area (Å²) in [5, 5.41) is 0. The first-order chi connectivity index (χ1) is 5.20. The molecule has 3 heteroatoms. The molecule has 0 saturated heterocycles. The molecular weight excluding hydrogens is 156 g/mol. The second-order valence-corrected chi connectivity index (χ2v) is 5.17. The Morgan fingerprint density at radius 1 is 1.36 bits per heavy atom. The third-order valence-electron chi connectivity index (χ3n) is 1.48. The molecule has 68 valence electrons. The summed E-state index contributed by atoms with van der Waals surface area (Å²) in [5.41, 5.74) is 0. The van der Waals surface area contributed by atoms with Gasteiger partial charge in [-0.1, -0.05) is 19.8 Å². The average molecular weight is 176 g/mol. The molecule has 0 aromatic rings. The highest BCUT2D eigenvalue weighted by molar-refractivity contribution is 6.44. The van der Waals surface area contributed by atoms with Gasteiger partial charge in [0.05, 0.1) is 0 Å². The summed E-state index contributed by atoms with van der Waals surface area (Å²) in [6, 6.07) is 1.14. The van der Waals surface area contributed by atoms with Crippen molar-refractivity contribution < 1.29 is 8.85 Å². The predicted octanol–water partition coefficient (Wildman–Crippen LogP) is 2.08. The fourth-order valence-electron chi connectivity index (χ4n) is 0.916. The molecule has 11 heavy (non-hydrogen) atoms. The van der Waals surface area contributed by atoms with Crippen molar-refractivity contribution in [2.24, 2.45) is 0 Å². The van der Waals surface area contributed by atoms with E-state index in [1.165, 1.54) is 12.8 Å². The standard InChI is InChI=1S/C8H20O2Si/c1-5-6-7-11(9-4)10-8(2)3/h8,11H,5-7H2,1-4H3. The fraction of sp³-hybridized carbons (Fsp3) is 1.00. The zero-order valence-electron chi connectivity index (χ0n) is 8.09. The zero-order chi connectivity index (χ0) is 8.69. The summed E-state index contributed by atoms with van der Waals surface area (Å²) < 4.78 is 10.9. The van der Waals surface area contributed by atoms with E-state index in [4.69, 9.17) is 8.85 Å². The van der Waals surface area contributed by atoms with E-state index in [2.05, 4.69) is 20.8 Å². The van der Waals surface area contributed by atoms with Crippen LogP contribution in [0.2, 0.25) is 6.04 Å². The monoisotopic (exact) mass is 176 g/mol. The van der Waals surface area contributed by atoms with Gasteiger partial charge in [-0.3, -0.25) is 0 Å². The minimum absolute atomic E-state index is 0.323. The molecule has 0 aromatic carbocycles. The third-order valence-corrected chi connectivity index (χ3v) is 3.73. The van der Waals surface area contributed by atoms with Gasteiger partial charge in [0, 0.05) is 13.2 Å². The second kappa shape index (κ2) is 6.82. The molecule has 0 aliphatic heterocycles.